The number of anilines is 1. The van der Waals surface area contributed by atoms with Gasteiger partial charge in [0.15, 0.2) is 11.5 Å². The summed E-state index contributed by atoms with van der Waals surface area (Å²) in [6, 6.07) is 9.76. The van der Waals surface area contributed by atoms with E-state index < -0.39 is 12.2 Å². The van der Waals surface area contributed by atoms with Crippen molar-refractivity contribution in [3.05, 3.63) is 52.6 Å². The Bertz CT molecular complexity index is 785. The smallest absolute Gasteiger partial charge is 0.344 e. The first-order chi connectivity index (χ1) is 11.6. The van der Waals surface area contributed by atoms with Crippen LogP contribution in [-0.2, 0) is 11.2 Å². The molecule has 0 bridgehead atoms. The second kappa shape index (κ2) is 6.43. The lowest BCUT2D eigenvalue weighted by molar-refractivity contribution is 0.0435. The van der Waals surface area contributed by atoms with Crippen molar-refractivity contribution in [1.29, 1.82) is 0 Å². The van der Waals surface area contributed by atoms with Crippen LogP contribution >= 0.6 is 0 Å². The molecule has 0 amide bonds. The maximum atomic E-state index is 12.4. The molecule has 0 saturated carbocycles. The lowest BCUT2D eigenvalue weighted by Crippen LogP contribution is -2.12. The number of para-hydroxylation sites is 1. The van der Waals surface area contributed by atoms with Gasteiger partial charge in [-0.25, -0.2) is 4.79 Å². The maximum absolute atomic E-state index is 12.4. The molecule has 2 aromatic carbocycles. The Morgan fingerprint density at radius 3 is 2.62 bits per heavy atom. The summed E-state index contributed by atoms with van der Waals surface area (Å²) in [5.41, 5.74) is 4.46. The molecule has 3 rings (SSSR count). The Morgan fingerprint density at radius 1 is 1.17 bits per heavy atom. The lowest BCUT2D eigenvalue weighted by Gasteiger charge is -2.19. The van der Waals surface area contributed by atoms with Crippen LogP contribution in [0.1, 0.15) is 40.2 Å². The van der Waals surface area contributed by atoms with Crippen LogP contribution < -0.4 is 14.8 Å². The Balaban J connectivity index is 2.02. The zero-order valence-electron chi connectivity index (χ0n) is 14.3. The predicted molar refractivity (Wildman–Crippen MR) is 91.9 cm³/mol. The fourth-order valence-corrected chi connectivity index (χ4v) is 3.07. The van der Waals surface area contributed by atoms with Gasteiger partial charge in [0, 0.05) is 11.3 Å². The van der Waals surface area contributed by atoms with Crippen molar-refractivity contribution in [2.45, 2.75) is 26.5 Å². The highest BCUT2D eigenvalue weighted by Crippen LogP contribution is 2.42. The number of carbonyl (C=O) groups is 1. The Hall–Kier alpha value is -2.69. The Labute approximate surface area is 141 Å². The number of esters is 1. The van der Waals surface area contributed by atoms with Crippen molar-refractivity contribution in [3.8, 4) is 11.5 Å². The van der Waals surface area contributed by atoms with Crippen LogP contribution in [0.2, 0.25) is 0 Å². The minimum atomic E-state index is -0.543. The monoisotopic (exact) mass is 327 g/mol. The highest BCUT2D eigenvalue weighted by Gasteiger charge is 2.36. The molecule has 0 unspecified atom stereocenters. The van der Waals surface area contributed by atoms with Crippen molar-refractivity contribution in [2.75, 3.05) is 19.5 Å². The van der Waals surface area contributed by atoms with Crippen LogP contribution in [0.4, 0.5) is 5.69 Å². The van der Waals surface area contributed by atoms with Crippen LogP contribution in [0, 0.1) is 6.92 Å². The van der Waals surface area contributed by atoms with Gasteiger partial charge in [0.1, 0.15) is 5.56 Å². The van der Waals surface area contributed by atoms with E-state index in [9.17, 15) is 4.79 Å². The number of benzene rings is 2. The van der Waals surface area contributed by atoms with E-state index in [-0.39, 0.29) is 0 Å². The third kappa shape index (κ3) is 2.56. The number of cyclic esters (lactones) is 1. The zero-order chi connectivity index (χ0) is 17.3. The first-order valence-corrected chi connectivity index (χ1v) is 7.91. The summed E-state index contributed by atoms with van der Waals surface area (Å²) >= 11 is 0. The summed E-state index contributed by atoms with van der Waals surface area (Å²) in [6.45, 7) is 4.14. The molecule has 1 aliphatic heterocycles. The van der Waals surface area contributed by atoms with Gasteiger partial charge in [-0.1, -0.05) is 25.1 Å². The summed E-state index contributed by atoms with van der Waals surface area (Å²) in [5.74, 6) is 0.508. The topological polar surface area (TPSA) is 56.8 Å². The van der Waals surface area contributed by atoms with E-state index in [0.29, 0.717) is 17.1 Å². The Kier molecular flexibility index (Phi) is 4.34. The summed E-state index contributed by atoms with van der Waals surface area (Å²) in [6.07, 6.45) is 0.349. The number of aryl methyl sites for hydroxylation is 2. The van der Waals surface area contributed by atoms with E-state index in [0.717, 1.165) is 23.2 Å². The average Bonchev–Trinajstić information content (AvgIpc) is 2.91. The van der Waals surface area contributed by atoms with Gasteiger partial charge in [0.2, 0.25) is 6.23 Å². The predicted octanol–water partition coefficient (Wildman–Crippen LogP) is 3.86. The zero-order valence-corrected chi connectivity index (χ0v) is 14.3. The summed E-state index contributed by atoms with van der Waals surface area (Å²) < 4.78 is 16.2. The number of hydrogen-bond donors (Lipinski definition) is 1. The van der Waals surface area contributed by atoms with Gasteiger partial charge in [-0.3, -0.25) is 0 Å². The standard InChI is InChI=1S/C19H21NO4/c1-5-12-8-6-7-11(2)16(12)20-18-13-9-10-14(22-3)17(23-4)15(13)19(21)24-18/h6-10,18,20H,5H2,1-4H3/t18-/m1/s1. The quantitative estimate of drug-likeness (QED) is 0.845. The largest absolute Gasteiger partial charge is 0.493 e. The second-order valence-electron chi connectivity index (χ2n) is 5.66. The summed E-state index contributed by atoms with van der Waals surface area (Å²) in [4.78, 5) is 12.4. The molecule has 0 radical (unpaired) electrons. The molecule has 0 aromatic heterocycles. The molecule has 5 nitrogen and oxygen atoms in total. The lowest BCUT2D eigenvalue weighted by atomic mass is 10.0. The second-order valence-corrected chi connectivity index (χ2v) is 5.66. The molecular weight excluding hydrogens is 306 g/mol. The average molecular weight is 327 g/mol. The van der Waals surface area contributed by atoms with Crippen LogP contribution in [0.15, 0.2) is 30.3 Å². The summed E-state index contributed by atoms with van der Waals surface area (Å²) in [5, 5.41) is 3.36. The van der Waals surface area contributed by atoms with Gasteiger partial charge in [-0.2, -0.15) is 0 Å². The van der Waals surface area contributed by atoms with Crippen molar-refractivity contribution in [2.24, 2.45) is 0 Å². The molecule has 1 N–H and O–H groups in total. The van der Waals surface area contributed by atoms with Gasteiger partial charge in [0.25, 0.3) is 0 Å². The highest BCUT2D eigenvalue weighted by molar-refractivity contribution is 5.98. The molecule has 1 aliphatic rings. The van der Waals surface area contributed by atoms with Crippen LogP contribution in [0.5, 0.6) is 11.5 Å². The molecule has 5 heteroatoms. The molecule has 1 heterocycles. The molecule has 0 aliphatic carbocycles. The number of fused-ring (bicyclic) bond motifs is 1. The van der Waals surface area contributed by atoms with Crippen molar-refractivity contribution >= 4 is 11.7 Å². The summed E-state index contributed by atoms with van der Waals surface area (Å²) in [7, 11) is 3.06. The van der Waals surface area contributed by atoms with E-state index in [1.54, 1.807) is 13.2 Å². The molecule has 126 valence electrons. The molecular formula is C19H21NO4. The highest BCUT2D eigenvalue weighted by atomic mass is 16.6. The number of rotatable bonds is 5. The van der Waals surface area contributed by atoms with Crippen LogP contribution in [0.25, 0.3) is 0 Å². The number of ether oxygens (including phenoxy) is 3. The van der Waals surface area contributed by atoms with Gasteiger partial charge in [0.05, 0.1) is 14.2 Å². The van der Waals surface area contributed by atoms with E-state index in [4.69, 9.17) is 14.2 Å². The van der Waals surface area contributed by atoms with E-state index in [1.807, 2.05) is 25.1 Å². The normalized spacial score (nSPS) is 15.7. The van der Waals surface area contributed by atoms with E-state index in [1.165, 1.54) is 12.7 Å². The first kappa shape index (κ1) is 16.2. The first-order valence-electron chi connectivity index (χ1n) is 7.91. The number of carbonyl (C=O) groups excluding carboxylic acids is 1. The molecule has 2 aromatic rings. The number of hydrogen-bond acceptors (Lipinski definition) is 5. The van der Waals surface area contributed by atoms with E-state index in [2.05, 4.69) is 18.3 Å². The van der Waals surface area contributed by atoms with Crippen molar-refractivity contribution in [1.82, 2.24) is 0 Å². The van der Waals surface area contributed by atoms with E-state index >= 15 is 0 Å². The SMILES string of the molecule is CCc1cccc(C)c1N[C@@H]1OC(=O)c2c1ccc(OC)c2OC. The molecule has 0 saturated heterocycles. The van der Waals surface area contributed by atoms with Gasteiger partial charge in [-0.15, -0.1) is 0 Å². The fourth-order valence-electron chi connectivity index (χ4n) is 3.07. The van der Waals surface area contributed by atoms with Gasteiger partial charge >= 0.3 is 5.97 Å². The van der Waals surface area contributed by atoms with Gasteiger partial charge < -0.3 is 19.5 Å². The van der Waals surface area contributed by atoms with Gasteiger partial charge in [-0.05, 0) is 36.6 Å². The minimum Gasteiger partial charge on any atom is -0.493 e. The van der Waals surface area contributed by atoms with Crippen molar-refractivity contribution < 1.29 is 19.0 Å². The third-order valence-corrected chi connectivity index (χ3v) is 4.30. The molecule has 1 atom stereocenters. The number of nitrogens with one attached hydrogen (secondary N) is 1. The minimum absolute atomic E-state index is 0.407. The Morgan fingerprint density at radius 2 is 1.96 bits per heavy atom. The maximum Gasteiger partial charge on any atom is 0.344 e. The fraction of sp³-hybridized carbons (Fsp3) is 0.316. The number of methoxy groups -OCH3 is 2. The molecule has 0 spiro atoms. The van der Waals surface area contributed by atoms with Crippen LogP contribution in [0.3, 0.4) is 0 Å². The third-order valence-electron chi connectivity index (χ3n) is 4.30. The molecule has 24 heavy (non-hydrogen) atoms. The van der Waals surface area contributed by atoms with Crippen molar-refractivity contribution in [3.63, 3.8) is 0 Å². The van der Waals surface area contributed by atoms with Crippen LogP contribution in [-0.4, -0.2) is 20.2 Å². The molecule has 0 fully saturated rings.